The molecule has 2 heterocycles. The maximum absolute atomic E-state index is 12.3. The predicted octanol–water partition coefficient (Wildman–Crippen LogP) is 0.602. The van der Waals surface area contributed by atoms with E-state index in [1.165, 1.54) is 19.3 Å². The number of hydrogen-bond donors (Lipinski definition) is 1. The van der Waals surface area contributed by atoms with Gasteiger partial charge in [-0.25, -0.2) is 0 Å². The van der Waals surface area contributed by atoms with Crippen LogP contribution >= 0.6 is 0 Å². The molecular weight excluding hydrogens is 290 g/mol. The monoisotopic (exact) mass is 321 g/mol. The molecule has 3 fully saturated rings. The smallest absolute Gasteiger partial charge is 0.225 e. The van der Waals surface area contributed by atoms with Crippen molar-refractivity contribution in [3.8, 4) is 0 Å². The second-order valence-corrected chi connectivity index (χ2v) is 6.96. The Balaban J connectivity index is 1.33. The molecule has 1 N–H and O–H groups in total. The van der Waals surface area contributed by atoms with Gasteiger partial charge in [-0.3, -0.25) is 14.7 Å². The summed E-state index contributed by atoms with van der Waals surface area (Å²) in [5, 5.41) is 3.48. The van der Waals surface area contributed by atoms with Gasteiger partial charge in [0, 0.05) is 65.3 Å². The van der Waals surface area contributed by atoms with Crippen molar-refractivity contribution in [2.24, 2.45) is 10.9 Å². The number of piperazine rings is 1. The van der Waals surface area contributed by atoms with Crippen LogP contribution in [0.1, 0.15) is 32.1 Å². The average molecular weight is 321 g/mol. The van der Waals surface area contributed by atoms with E-state index >= 15 is 0 Å². The maximum Gasteiger partial charge on any atom is 0.225 e. The lowest BCUT2D eigenvalue weighted by atomic mass is 9.84. The third-order valence-electron chi connectivity index (χ3n) is 5.47. The van der Waals surface area contributed by atoms with Crippen LogP contribution in [-0.4, -0.2) is 86.0 Å². The second-order valence-electron chi connectivity index (χ2n) is 6.96. The molecular formula is C17H31N5O. The Morgan fingerprint density at radius 2 is 1.70 bits per heavy atom. The molecule has 0 atom stereocenters. The number of guanidine groups is 1. The van der Waals surface area contributed by atoms with Crippen LogP contribution in [0.5, 0.6) is 0 Å². The van der Waals surface area contributed by atoms with Gasteiger partial charge in [-0.2, -0.15) is 0 Å². The zero-order valence-corrected chi connectivity index (χ0v) is 14.5. The van der Waals surface area contributed by atoms with Gasteiger partial charge in [-0.15, -0.1) is 0 Å². The molecule has 1 saturated carbocycles. The van der Waals surface area contributed by atoms with Crippen LogP contribution in [0.3, 0.4) is 0 Å². The normalized spacial score (nSPS) is 24.0. The van der Waals surface area contributed by atoms with Crippen molar-refractivity contribution < 1.29 is 4.79 Å². The number of nitrogens with zero attached hydrogens (tertiary/aromatic N) is 4. The number of aliphatic imine (C=N–C) groups is 1. The molecule has 2 aliphatic heterocycles. The fourth-order valence-electron chi connectivity index (χ4n) is 3.69. The summed E-state index contributed by atoms with van der Waals surface area (Å²) in [4.78, 5) is 23.5. The standard InChI is InChI=1S/C17H31N5O/c1-18-17(22-8-2-3-9-22)19-7-10-20-11-13-21(14-12-20)16(23)15-5-4-6-15/h15H,2-14H2,1H3,(H,18,19). The Hall–Kier alpha value is -1.30. The minimum Gasteiger partial charge on any atom is -0.355 e. The quantitative estimate of drug-likeness (QED) is 0.609. The lowest BCUT2D eigenvalue weighted by Crippen LogP contribution is -2.52. The topological polar surface area (TPSA) is 51.2 Å². The molecule has 1 amide bonds. The summed E-state index contributed by atoms with van der Waals surface area (Å²) in [5.41, 5.74) is 0. The molecule has 2 saturated heterocycles. The average Bonchev–Trinajstić information content (AvgIpc) is 3.04. The summed E-state index contributed by atoms with van der Waals surface area (Å²) in [6.07, 6.45) is 6.01. The van der Waals surface area contributed by atoms with E-state index in [2.05, 4.69) is 25.0 Å². The fourth-order valence-corrected chi connectivity index (χ4v) is 3.69. The second kappa shape index (κ2) is 7.99. The summed E-state index contributed by atoms with van der Waals surface area (Å²) in [7, 11) is 1.87. The van der Waals surface area contributed by atoms with Gasteiger partial charge >= 0.3 is 0 Å². The zero-order chi connectivity index (χ0) is 16.1. The predicted molar refractivity (Wildman–Crippen MR) is 92.5 cm³/mol. The lowest BCUT2D eigenvalue weighted by molar-refractivity contribution is -0.139. The van der Waals surface area contributed by atoms with Crippen LogP contribution in [0, 0.1) is 5.92 Å². The first-order valence-electron chi connectivity index (χ1n) is 9.24. The minimum absolute atomic E-state index is 0.340. The molecule has 3 aliphatic rings. The summed E-state index contributed by atoms with van der Waals surface area (Å²) in [5.74, 6) is 1.79. The molecule has 0 unspecified atom stereocenters. The molecule has 0 bridgehead atoms. The molecule has 6 nitrogen and oxygen atoms in total. The number of rotatable bonds is 4. The summed E-state index contributed by atoms with van der Waals surface area (Å²) >= 11 is 0. The number of amides is 1. The first-order valence-corrected chi connectivity index (χ1v) is 9.24. The van der Waals surface area contributed by atoms with Gasteiger partial charge in [0.15, 0.2) is 5.96 Å². The molecule has 1 aliphatic carbocycles. The van der Waals surface area contributed by atoms with Crippen LogP contribution in [0.4, 0.5) is 0 Å². The van der Waals surface area contributed by atoms with E-state index in [0.29, 0.717) is 11.8 Å². The van der Waals surface area contributed by atoms with Crippen LogP contribution < -0.4 is 5.32 Å². The van der Waals surface area contributed by atoms with Gasteiger partial charge in [0.1, 0.15) is 0 Å². The SMILES string of the molecule is CN=C(NCCN1CCN(C(=O)C2CCC2)CC1)N1CCCC1. The van der Waals surface area contributed by atoms with Crippen molar-refractivity contribution in [2.75, 3.05) is 59.4 Å². The maximum atomic E-state index is 12.3. The molecule has 0 aromatic heterocycles. The highest BCUT2D eigenvalue weighted by atomic mass is 16.2. The van der Waals surface area contributed by atoms with E-state index in [1.54, 1.807) is 0 Å². The van der Waals surface area contributed by atoms with Gasteiger partial charge in [0.2, 0.25) is 5.91 Å². The van der Waals surface area contributed by atoms with Crippen LogP contribution in [-0.2, 0) is 4.79 Å². The van der Waals surface area contributed by atoms with Crippen molar-refractivity contribution in [1.29, 1.82) is 0 Å². The molecule has 6 heteroatoms. The molecule has 23 heavy (non-hydrogen) atoms. The first-order chi connectivity index (χ1) is 11.3. The Kier molecular flexibility index (Phi) is 5.75. The van der Waals surface area contributed by atoms with Crippen molar-refractivity contribution in [3.63, 3.8) is 0 Å². The number of nitrogens with one attached hydrogen (secondary N) is 1. The Bertz CT molecular complexity index is 421. The molecule has 3 rings (SSSR count). The number of hydrogen-bond acceptors (Lipinski definition) is 3. The molecule has 0 spiro atoms. The molecule has 0 aromatic carbocycles. The van der Waals surface area contributed by atoms with E-state index in [4.69, 9.17) is 0 Å². The Labute approximate surface area is 139 Å². The Morgan fingerprint density at radius 3 is 2.26 bits per heavy atom. The highest BCUT2D eigenvalue weighted by molar-refractivity contribution is 5.80. The number of carbonyl (C=O) groups is 1. The third-order valence-corrected chi connectivity index (χ3v) is 5.47. The highest BCUT2D eigenvalue weighted by Crippen LogP contribution is 2.28. The number of likely N-dealkylation sites (tertiary alicyclic amines) is 1. The van der Waals surface area contributed by atoms with Crippen LogP contribution in [0.15, 0.2) is 4.99 Å². The largest absolute Gasteiger partial charge is 0.355 e. The van der Waals surface area contributed by atoms with Crippen molar-refractivity contribution in [2.45, 2.75) is 32.1 Å². The van der Waals surface area contributed by atoms with Crippen molar-refractivity contribution in [3.05, 3.63) is 0 Å². The summed E-state index contributed by atoms with van der Waals surface area (Å²) in [6.45, 7) is 8.01. The van der Waals surface area contributed by atoms with E-state index < -0.39 is 0 Å². The lowest BCUT2D eigenvalue weighted by Gasteiger charge is -2.38. The summed E-state index contributed by atoms with van der Waals surface area (Å²) in [6, 6.07) is 0. The molecule has 0 aromatic rings. The van der Waals surface area contributed by atoms with E-state index in [1.807, 2.05) is 7.05 Å². The van der Waals surface area contributed by atoms with E-state index in [0.717, 1.165) is 71.2 Å². The van der Waals surface area contributed by atoms with Crippen LogP contribution in [0.2, 0.25) is 0 Å². The summed E-state index contributed by atoms with van der Waals surface area (Å²) < 4.78 is 0. The van der Waals surface area contributed by atoms with E-state index in [-0.39, 0.29) is 0 Å². The first kappa shape index (κ1) is 16.6. The highest BCUT2D eigenvalue weighted by Gasteiger charge is 2.31. The van der Waals surface area contributed by atoms with Gasteiger partial charge < -0.3 is 15.1 Å². The van der Waals surface area contributed by atoms with Gasteiger partial charge in [-0.1, -0.05) is 6.42 Å². The molecule has 130 valence electrons. The van der Waals surface area contributed by atoms with Crippen molar-refractivity contribution in [1.82, 2.24) is 20.0 Å². The molecule has 0 radical (unpaired) electrons. The fraction of sp³-hybridized carbons (Fsp3) is 0.882. The van der Waals surface area contributed by atoms with Gasteiger partial charge in [-0.05, 0) is 25.7 Å². The van der Waals surface area contributed by atoms with Crippen LogP contribution in [0.25, 0.3) is 0 Å². The minimum atomic E-state index is 0.340. The van der Waals surface area contributed by atoms with E-state index in [9.17, 15) is 4.79 Å². The number of carbonyl (C=O) groups excluding carboxylic acids is 1. The third kappa shape index (κ3) is 4.16. The van der Waals surface area contributed by atoms with Crippen molar-refractivity contribution >= 4 is 11.9 Å². The Morgan fingerprint density at radius 1 is 1.00 bits per heavy atom. The van der Waals surface area contributed by atoms with Gasteiger partial charge in [0.25, 0.3) is 0 Å². The van der Waals surface area contributed by atoms with Gasteiger partial charge in [0.05, 0.1) is 0 Å². The zero-order valence-electron chi connectivity index (χ0n) is 14.5.